The molecule has 2 heterocycles. The fourth-order valence-corrected chi connectivity index (χ4v) is 2.08. The van der Waals surface area contributed by atoms with Gasteiger partial charge in [-0.25, -0.2) is 0 Å². The fourth-order valence-electron chi connectivity index (χ4n) is 1.72. The van der Waals surface area contributed by atoms with Crippen LogP contribution in [0.4, 0.5) is 6.01 Å². The lowest BCUT2D eigenvalue weighted by molar-refractivity contribution is 0.581. The van der Waals surface area contributed by atoms with Crippen LogP contribution in [0, 0.1) is 0 Å². The van der Waals surface area contributed by atoms with E-state index in [0.29, 0.717) is 0 Å². The monoisotopic (exact) mass is 277 g/mol. The summed E-state index contributed by atoms with van der Waals surface area (Å²) in [5.41, 5.74) is 8.24. The maximum atomic E-state index is 5.46. The van der Waals surface area contributed by atoms with Crippen molar-refractivity contribution in [2.24, 2.45) is 0 Å². The Kier molecular flexibility index (Phi) is 2.00. The zero-order valence-electron chi connectivity index (χ0n) is 8.20. The number of hydrogen-bond donors (Lipinski definition) is 2. The van der Waals surface area contributed by atoms with E-state index in [1.165, 1.54) is 0 Å². The number of oxazole rings is 1. The summed E-state index contributed by atoms with van der Waals surface area (Å²) >= 11 is 3.45. The van der Waals surface area contributed by atoms with Crippen molar-refractivity contribution in [3.05, 3.63) is 35.1 Å². The third-order valence-corrected chi connectivity index (χ3v) is 2.93. The predicted octanol–water partition coefficient (Wildman–Crippen LogP) is 3.17. The molecule has 80 valence electrons. The maximum Gasteiger partial charge on any atom is 0.292 e. The van der Waals surface area contributed by atoms with E-state index in [1.54, 1.807) is 6.26 Å². The topological polar surface area (TPSA) is 67.8 Å². The van der Waals surface area contributed by atoms with E-state index in [4.69, 9.17) is 10.2 Å². The minimum absolute atomic E-state index is 0.180. The number of anilines is 1. The van der Waals surface area contributed by atoms with Gasteiger partial charge in [0.2, 0.25) is 0 Å². The van der Waals surface area contributed by atoms with Crippen LogP contribution < -0.4 is 5.73 Å². The van der Waals surface area contributed by atoms with Crippen LogP contribution in [0.5, 0.6) is 0 Å². The summed E-state index contributed by atoms with van der Waals surface area (Å²) in [6.07, 6.45) is 3.45. The summed E-state index contributed by atoms with van der Waals surface area (Å²) in [7, 11) is 0. The first-order chi connectivity index (χ1) is 7.74. The highest BCUT2D eigenvalue weighted by Gasteiger charge is 2.10. The lowest BCUT2D eigenvalue weighted by Gasteiger charge is -1.94. The molecule has 0 saturated carbocycles. The van der Waals surface area contributed by atoms with Gasteiger partial charge in [-0.2, -0.15) is 4.98 Å². The van der Waals surface area contributed by atoms with Gasteiger partial charge in [-0.15, -0.1) is 0 Å². The van der Waals surface area contributed by atoms with Gasteiger partial charge in [0.15, 0.2) is 0 Å². The van der Waals surface area contributed by atoms with Crippen molar-refractivity contribution in [1.29, 1.82) is 0 Å². The molecule has 4 nitrogen and oxygen atoms in total. The lowest BCUT2D eigenvalue weighted by atomic mass is 10.1. The van der Waals surface area contributed by atoms with Gasteiger partial charge in [0, 0.05) is 27.1 Å². The first-order valence-electron chi connectivity index (χ1n) is 4.72. The molecular formula is C11H8BrN3O. The second-order valence-corrected chi connectivity index (χ2v) is 4.38. The number of H-pyrrole nitrogens is 1. The molecule has 0 fully saturated rings. The SMILES string of the molecule is Nc1nc(-c2c[nH]c3ccc(Br)cc23)co1. The largest absolute Gasteiger partial charge is 0.432 e. The Labute approximate surface area is 99.6 Å². The Morgan fingerprint density at radius 3 is 3.00 bits per heavy atom. The summed E-state index contributed by atoms with van der Waals surface area (Å²) in [6, 6.07) is 6.21. The van der Waals surface area contributed by atoms with Crippen molar-refractivity contribution in [3.8, 4) is 11.3 Å². The smallest absolute Gasteiger partial charge is 0.292 e. The predicted molar refractivity (Wildman–Crippen MR) is 65.9 cm³/mol. The quantitative estimate of drug-likeness (QED) is 0.718. The number of nitrogens with one attached hydrogen (secondary N) is 1. The minimum Gasteiger partial charge on any atom is -0.432 e. The molecule has 0 aliphatic heterocycles. The van der Waals surface area contributed by atoms with Crippen molar-refractivity contribution in [3.63, 3.8) is 0 Å². The van der Waals surface area contributed by atoms with Gasteiger partial charge in [0.25, 0.3) is 6.01 Å². The number of aromatic nitrogens is 2. The van der Waals surface area contributed by atoms with Crippen LogP contribution >= 0.6 is 15.9 Å². The molecule has 0 aliphatic carbocycles. The van der Waals surface area contributed by atoms with Crippen molar-refractivity contribution in [2.75, 3.05) is 5.73 Å². The molecule has 16 heavy (non-hydrogen) atoms. The van der Waals surface area contributed by atoms with E-state index in [-0.39, 0.29) is 6.01 Å². The highest BCUT2D eigenvalue weighted by molar-refractivity contribution is 9.10. The maximum absolute atomic E-state index is 5.46. The number of aromatic amines is 1. The Morgan fingerprint density at radius 2 is 2.25 bits per heavy atom. The van der Waals surface area contributed by atoms with E-state index < -0.39 is 0 Å². The van der Waals surface area contributed by atoms with Crippen molar-refractivity contribution in [2.45, 2.75) is 0 Å². The second kappa shape index (κ2) is 3.38. The fraction of sp³-hybridized carbons (Fsp3) is 0. The molecule has 0 spiro atoms. The summed E-state index contributed by atoms with van der Waals surface area (Å²) in [6.45, 7) is 0. The zero-order valence-corrected chi connectivity index (χ0v) is 9.78. The number of rotatable bonds is 1. The molecule has 0 bridgehead atoms. The summed E-state index contributed by atoms with van der Waals surface area (Å²) in [5.74, 6) is 0. The molecule has 3 rings (SSSR count). The first-order valence-corrected chi connectivity index (χ1v) is 5.51. The molecule has 0 saturated heterocycles. The molecule has 0 aliphatic rings. The Hall–Kier alpha value is -1.75. The molecule has 1 aromatic carbocycles. The average molecular weight is 278 g/mol. The standard InChI is InChI=1S/C11H8BrN3O/c12-6-1-2-9-7(3-6)8(4-14-9)10-5-16-11(13)15-10/h1-5,14H,(H2,13,15). The van der Waals surface area contributed by atoms with Gasteiger partial charge in [0.05, 0.1) is 0 Å². The van der Waals surface area contributed by atoms with Crippen LogP contribution in [0.3, 0.4) is 0 Å². The van der Waals surface area contributed by atoms with Gasteiger partial charge >= 0.3 is 0 Å². The highest BCUT2D eigenvalue weighted by Crippen LogP contribution is 2.30. The molecule has 0 amide bonds. The Bertz CT molecular complexity index is 656. The van der Waals surface area contributed by atoms with E-state index in [1.807, 2.05) is 24.4 Å². The van der Waals surface area contributed by atoms with Gasteiger partial charge in [0.1, 0.15) is 12.0 Å². The number of nitrogens with zero attached hydrogens (tertiary/aromatic N) is 1. The van der Waals surface area contributed by atoms with Crippen LogP contribution in [0.15, 0.2) is 39.5 Å². The first kappa shape index (κ1) is 9.47. The molecule has 3 N–H and O–H groups in total. The highest BCUT2D eigenvalue weighted by atomic mass is 79.9. The summed E-state index contributed by atoms with van der Waals surface area (Å²) < 4.78 is 6.03. The van der Waals surface area contributed by atoms with E-state index in [0.717, 1.165) is 26.6 Å². The molecular weight excluding hydrogens is 270 g/mol. The van der Waals surface area contributed by atoms with Crippen molar-refractivity contribution >= 4 is 32.8 Å². The summed E-state index contributed by atoms with van der Waals surface area (Å²) in [5, 5.41) is 1.09. The number of fused-ring (bicyclic) bond motifs is 1. The molecule has 0 unspecified atom stereocenters. The second-order valence-electron chi connectivity index (χ2n) is 3.46. The van der Waals surface area contributed by atoms with Crippen molar-refractivity contribution in [1.82, 2.24) is 9.97 Å². The number of hydrogen-bond acceptors (Lipinski definition) is 3. The molecule has 0 atom stereocenters. The van der Waals surface area contributed by atoms with E-state index in [2.05, 4.69) is 25.9 Å². The van der Waals surface area contributed by atoms with Crippen molar-refractivity contribution < 1.29 is 4.42 Å². The third kappa shape index (κ3) is 1.40. The van der Waals surface area contributed by atoms with Crippen LogP contribution in [-0.2, 0) is 0 Å². The lowest BCUT2D eigenvalue weighted by Crippen LogP contribution is -1.82. The summed E-state index contributed by atoms with van der Waals surface area (Å²) in [4.78, 5) is 7.29. The van der Waals surface area contributed by atoms with Crippen LogP contribution in [0.25, 0.3) is 22.2 Å². The normalized spacial score (nSPS) is 11.1. The number of nitrogens with two attached hydrogens (primary N) is 1. The molecule has 5 heteroatoms. The molecule has 0 radical (unpaired) electrons. The van der Waals surface area contributed by atoms with Gasteiger partial charge in [-0.05, 0) is 18.2 Å². The van der Waals surface area contributed by atoms with Crippen LogP contribution in [0.1, 0.15) is 0 Å². The van der Waals surface area contributed by atoms with E-state index in [9.17, 15) is 0 Å². The third-order valence-electron chi connectivity index (χ3n) is 2.44. The van der Waals surface area contributed by atoms with Gasteiger partial charge in [-0.3, -0.25) is 0 Å². The average Bonchev–Trinajstić information content (AvgIpc) is 2.83. The van der Waals surface area contributed by atoms with Gasteiger partial charge < -0.3 is 15.1 Å². The zero-order chi connectivity index (χ0) is 11.1. The van der Waals surface area contributed by atoms with Crippen LogP contribution in [0.2, 0.25) is 0 Å². The van der Waals surface area contributed by atoms with Crippen LogP contribution in [-0.4, -0.2) is 9.97 Å². The Morgan fingerprint density at radius 1 is 1.38 bits per heavy atom. The molecule has 2 aromatic heterocycles. The van der Waals surface area contributed by atoms with E-state index >= 15 is 0 Å². The number of halogens is 1. The number of benzene rings is 1. The molecule has 3 aromatic rings. The Balaban J connectivity index is 2.27. The van der Waals surface area contributed by atoms with Gasteiger partial charge in [-0.1, -0.05) is 15.9 Å². The minimum atomic E-state index is 0.180. The number of nitrogen functional groups attached to an aromatic ring is 1.